The maximum Gasteiger partial charge on any atom is 0.118 e. The molecule has 1 saturated heterocycles. The second-order valence-corrected chi connectivity index (χ2v) is 6.88. The Hall–Kier alpha value is -1.33. The first-order chi connectivity index (χ1) is 11.7. The van der Waals surface area contributed by atoms with E-state index in [9.17, 15) is 5.11 Å². The molecule has 1 aliphatic rings. The molecule has 0 spiro atoms. The fraction of sp³-hybridized carbons (Fsp3) is 0.474. The van der Waals surface area contributed by atoms with E-state index in [0.29, 0.717) is 6.04 Å². The van der Waals surface area contributed by atoms with Crippen LogP contribution in [0.25, 0.3) is 0 Å². The first-order valence-corrected chi connectivity index (χ1v) is 8.89. The predicted molar refractivity (Wildman–Crippen MR) is 96.1 cm³/mol. The first-order valence-electron chi connectivity index (χ1n) is 8.51. The van der Waals surface area contributed by atoms with Gasteiger partial charge < -0.3 is 9.52 Å². The lowest BCUT2D eigenvalue weighted by molar-refractivity contribution is 0.0454. The van der Waals surface area contributed by atoms with Crippen molar-refractivity contribution < 1.29 is 9.52 Å². The van der Waals surface area contributed by atoms with Gasteiger partial charge in [-0.3, -0.25) is 9.80 Å². The Morgan fingerprint density at radius 1 is 1.17 bits per heavy atom. The molecule has 3 rings (SSSR count). The minimum atomic E-state index is 0.207. The molecule has 0 radical (unpaired) electrons. The number of nitrogens with zero attached hydrogens (tertiary/aromatic N) is 2. The number of aryl methyl sites for hydroxylation is 1. The SMILES string of the molecule is Cc1ccc(CN2CCN(Cc3ccccc3Cl)CC2CCO)o1. The summed E-state index contributed by atoms with van der Waals surface area (Å²) in [6.45, 7) is 6.73. The van der Waals surface area contributed by atoms with E-state index in [1.807, 2.05) is 37.3 Å². The van der Waals surface area contributed by atoms with Crippen LogP contribution in [-0.2, 0) is 13.1 Å². The molecule has 0 bridgehead atoms. The monoisotopic (exact) mass is 348 g/mol. The van der Waals surface area contributed by atoms with Crippen molar-refractivity contribution in [2.45, 2.75) is 32.5 Å². The third-order valence-electron chi connectivity index (χ3n) is 4.66. The number of aliphatic hydroxyl groups is 1. The number of hydrogen-bond donors (Lipinski definition) is 1. The van der Waals surface area contributed by atoms with Gasteiger partial charge in [0.2, 0.25) is 0 Å². The Balaban J connectivity index is 1.63. The highest BCUT2D eigenvalue weighted by atomic mass is 35.5. The number of hydrogen-bond acceptors (Lipinski definition) is 4. The number of rotatable bonds is 6. The molecule has 2 aromatic rings. The molecular weight excluding hydrogens is 324 g/mol. The van der Waals surface area contributed by atoms with E-state index in [-0.39, 0.29) is 6.61 Å². The Kier molecular flexibility index (Phi) is 5.95. The highest BCUT2D eigenvalue weighted by Crippen LogP contribution is 2.22. The van der Waals surface area contributed by atoms with Gasteiger partial charge in [0.05, 0.1) is 6.54 Å². The topological polar surface area (TPSA) is 39.9 Å². The Labute approximate surface area is 148 Å². The lowest BCUT2D eigenvalue weighted by Gasteiger charge is -2.41. The van der Waals surface area contributed by atoms with E-state index in [1.165, 1.54) is 0 Å². The molecule has 1 aromatic carbocycles. The van der Waals surface area contributed by atoms with Crippen LogP contribution in [-0.4, -0.2) is 47.2 Å². The van der Waals surface area contributed by atoms with E-state index >= 15 is 0 Å². The maximum atomic E-state index is 9.44. The van der Waals surface area contributed by atoms with Crippen molar-refractivity contribution >= 4 is 11.6 Å². The molecule has 0 aliphatic carbocycles. The Bertz CT molecular complexity index is 658. The minimum absolute atomic E-state index is 0.207. The largest absolute Gasteiger partial charge is 0.465 e. The summed E-state index contributed by atoms with van der Waals surface area (Å²) in [6.07, 6.45) is 0.777. The van der Waals surface area contributed by atoms with Gasteiger partial charge in [0.15, 0.2) is 0 Å². The molecular formula is C19H25ClN2O2. The zero-order valence-corrected chi connectivity index (χ0v) is 14.9. The van der Waals surface area contributed by atoms with E-state index in [2.05, 4.69) is 15.9 Å². The van der Waals surface area contributed by atoms with Crippen LogP contribution in [0.2, 0.25) is 5.02 Å². The third kappa shape index (κ3) is 4.39. The van der Waals surface area contributed by atoms with Crippen molar-refractivity contribution in [2.24, 2.45) is 0 Å². The molecule has 5 heteroatoms. The molecule has 1 aliphatic heterocycles. The van der Waals surface area contributed by atoms with Gasteiger partial charge in [0, 0.05) is 43.9 Å². The van der Waals surface area contributed by atoms with Gasteiger partial charge in [-0.15, -0.1) is 0 Å². The molecule has 1 aromatic heterocycles. The number of aliphatic hydroxyl groups excluding tert-OH is 1. The highest BCUT2D eigenvalue weighted by molar-refractivity contribution is 6.31. The van der Waals surface area contributed by atoms with Crippen molar-refractivity contribution in [3.8, 4) is 0 Å². The molecule has 2 heterocycles. The molecule has 24 heavy (non-hydrogen) atoms. The molecule has 1 fully saturated rings. The van der Waals surface area contributed by atoms with Gasteiger partial charge in [0.1, 0.15) is 11.5 Å². The third-order valence-corrected chi connectivity index (χ3v) is 5.03. The summed E-state index contributed by atoms with van der Waals surface area (Å²) >= 11 is 6.29. The second kappa shape index (κ2) is 8.17. The summed E-state index contributed by atoms with van der Waals surface area (Å²) < 4.78 is 5.72. The number of piperazine rings is 1. The van der Waals surface area contributed by atoms with Crippen molar-refractivity contribution in [1.82, 2.24) is 9.80 Å². The minimum Gasteiger partial charge on any atom is -0.465 e. The first kappa shape index (κ1) is 17.5. The number of furan rings is 1. The van der Waals surface area contributed by atoms with E-state index in [4.69, 9.17) is 16.0 Å². The molecule has 1 unspecified atom stereocenters. The van der Waals surface area contributed by atoms with Gasteiger partial charge in [-0.1, -0.05) is 29.8 Å². The fourth-order valence-electron chi connectivity index (χ4n) is 3.37. The summed E-state index contributed by atoms with van der Waals surface area (Å²) in [5.74, 6) is 1.94. The average Bonchev–Trinajstić information content (AvgIpc) is 2.97. The van der Waals surface area contributed by atoms with Crippen LogP contribution >= 0.6 is 11.6 Å². The highest BCUT2D eigenvalue weighted by Gasteiger charge is 2.27. The van der Waals surface area contributed by atoms with Crippen molar-refractivity contribution in [3.63, 3.8) is 0 Å². The summed E-state index contributed by atoms with van der Waals surface area (Å²) in [4.78, 5) is 4.84. The van der Waals surface area contributed by atoms with Crippen LogP contribution < -0.4 is 0 Å². The van der Waals surface area contributed by atoms with Crippen LogP contribution in [0.15, 0.2) is 40.8 Å². The summed E-state index contributed by atoms with van der Waals surface area (Å²) in [6, 6.07) is 12.4. The smallest absolute Gasteiger partial charge is 0.118 e. The van der Waals surface area contributed by atoms with Crippen LogP contribution in [0.3, 0.4) is 0 Å². The van der Waals surface area contributed by atoms with Crippen molar-refractivity contribution in [3.05, 3.63) is 58.5 Å². The molecule has 0 amide bonds. The van der Waals surface area contributed by atoms with Gasteiger partial charge >= 0.3 is 0 Å². The van der Waals surface area contributed by atoms with Gasteiger partial charge in [-0.25, -0.2) is 0 Å². The van der Waals surface area contributed by atoms with Crippen LogP contribution in [0.5, 0.6) is 0 Å². The predicted octanol–water partition coefficient (Wildman–Crippen LogP) is 3.31. The van der Waals surface area contributed by atoms with Crippen LogP contribution in [0, 0.1) is 6.92 Å². The summed E-state index contributed by atoms with van der Waals surface area (Å²) in [5.41, 5.74) is 1.16. The number of benzene rings is 1. The maximum absolute atomic E-state index is 9.44. The molecule has 1 N–H and O–H groups in total. The summed E-state index contributed by atoms with van der Waals surface area (Å²) in [5, 5.41) is 10.3. The van der Waals surface area contributed by atoms with E-state index in [0.717, 1.165) is 61.3 Å². The quantitative estimate of drug-likeness (QED) is 0.869. The number of halogens is 1. The van der Waals surface area contributed by atoms with Crippen LogP contribution in [0.1, 0.15) is 23.5 Å². The zero-order valence-electron chi connectivity index (χ0n) is 14.1. The zero-order chi connectivity index (χ0) is 16.9. The lowest BCUT2D eigenvalue weighted by atomic mass is 10.1. The van der Waals surface area contributed by atoms with Crippen molar-refractivity contribution in [2.75, 3.05) is 26.2 Å². The van der Waals surface area contributed by atoms with Gasteiger partial charge in [-0.05, 0) is 37.1 Å². The fourth-order valence-corrected chi connectivity index (χ4v) is 3.57. The van der Waals surface area contributed by atoms with Crippen molar-refractivity contribution in [1.29, 1.82) is 0 Å². The Morgan fingerprint density at radius 3 is 2.71 bits per heavy atom. The standard InChI is InChI=1S/C19H25ClN2O2/c1-15-6-7-18(24-15)14-22-10-9-21(13-17(22)8-11-23)12-16-4-2-3-5-19(16)20/h2-7,17,23H,8-14H2,1H3. The molecule has 1 atom stereocenters. The molecule has 4 nitrogen and oxygen atoms in total. The van der Waals surface area contributed by atoms with Crippen LogP contribution in [0.4, 0.5) is 0 Å². The average molecular weight is 349 g/mol. The van der Waals surface area contributed by atoms with Gasteiger partial charge in [-0.2, -0.15) is 0 Å². The van der Waals surface area contributed by atoms with E-state index < -0.39 is 0 Å². The summed E-state index contributed by atoms with van der Waals surface area (Å²) in [7, 11) is 0. The normalized spacial score (nSPS) is 19.7. The lowest BCUT2D eigenvalue weighted by Crippen LogP contribution is -2.52. The Morgan fingerprint density at radius 2 is 2.00 bits per heavy atom. The van der Waals surface area contributed by atoms with Gasteiger partial charge in [0.25, 0.3) is 0 Å². The second-order valence-electron chi connectivity index (χ2n) is 6.48. The molecule has 0 saturated carbocycles. The van der Waals surface area contributed by atoms with E-state index in [1.54, 1.807) is 0 Å². The molecule has 130 valence electrons.